The first kappa shape index (κ1) is 31.2. The van der Waals surface area contributed by atoms with Gasteiger partial charge in [0.2, 0.25) is 15.9 Å². The van der Waals surface area contributed by atoms with E-state index in [4.69, 9.17) is 0 Å². The third-order valence-corrected chi connectivity index (χ3v) is 8.77. The number of carbonyl (C=O) groups excluding carboxylic acids is 2. The van der Waals surface area contributed by atoms with Gasteiger partial charge in [0.25, 0.3) is 5.91 Å². The Hall–Kier alpha value is -3.32. The molecule has 4 N–H and O–H groups in total. The number of aromatic nitrogens is 1. The number of aliphatic hydroxyl groups is 2. The molecule has 2 aromatic carbocycles. The molecule has 2 amide bonds. The number of hydrogen-bond donors (Lipinski definition) is 4. The average molecular weight is 589 g/mol. The second-order valence-corrected chi connectivity index (χ2v) is 12.8. The maximum Gasteiger partial charge on any atom is 0.271 e. The Morgan fingerprint density at radius 3 is 2.10 bits per heavy atom. The minimum Gasteiger partial charge on any atom is -0.390 e. The van der Waals surface area contributed by atoms with Gasteiger partial charge in [-0.15, -0.1) is 11.3 Å². The molecule has 12 heteroatoms. The quantitative estimate of drug-likeness (QED) is 0.239. The van der Waals surface area contributed by atoms with Crippen LogP contribution in [0.15, 0.2) is 66.0 Å². The number of sulfonamides is 1. The number of carbonyl (C=O) groups is 2. The maximum absolute atomic E-state index is 13.1. The van der Waals surface area contributed by atoms with Crippen molar-refractivity contribution < 1.29 is 28.2 Å². The summed E-state index contributed by atoms with van der Waals surface area (Å²) >= 11 is 0.985. The van der Waals surface area contributed by atoms with E-state index in [1.165, 1.54) is 12.4 Å². The molecular formula is C28H36N4O6S2. The molecule has 0 radical (unpaired) electrons. The van der Waals surface area contributed by atoms with E-state index in [2.05, 4.69) is 15.6 Å². The molecular weight excluding hydrogens is 552 g/mol. The first-order valence-corrected chi connectivity index (χ1v) is 15.5. The molecule has 0 spiro atoms. The lowest BCUT2D eigenvalue weighted by atomic mass is 9.83. The Morgan fingerprint density at radius 2 is 1.55 bits per heavy atom. The van der Waals surface area contributed by atoms with Crippen molar-refractivity contribution in [1.29, 1.82) is 0 Å². The van der Waals surface area contributed by atoms with Crippen LogP contribution in [0.4, 0.5) is 5.13 Å². The molecule has 3 aromatic rings. The lowest BCUT2D eigenvalue weighted by Crippen LogP contribution is -2.55. The molecule has 1 heterocycles. The van der Waals surface area contributed by atoms with E-state index in [0.717, 1.165) is 33.0 Å². The van der Waals surface area contributed by atoms with E-state index in [0.29, 0.717) is 0 Å². The SMILES string of the molecule is CC(C)C(C(=O)NCc1ccccc1)C(O)C(O)C(Cc1ccccc1)NC(=O)c1csc(N(C)S(C)(=O)=O)n1. The largest absolute Gasteiger partial charge is 0.390 e. The Morgan fingerprint density at radius 1 is 0.975 bits per heavy atom. The second kappa shape index (κ2) is 13.8. The van der Waals surface area contributed by atoms with Crippen molar-refractivity contribution in [1.82, 2.24) is 15.6 Å². The second-order valence-electron chi connectivity index (χ2n) is 9.97. The molecule has 0 aliphatic rings. The topological polar surface area (TPSA) is 149 Å². The van der Waals surface area contributed by atoms with Crippen LogP contribution in [0.5, 0.6) is 0 Å². The van der Waals surface area contributed by atoms with Crippen molar-refractivity contribution in [2.45, 2.75) is 45.1 Å². The van der Waals surface area contributed by atoms with Gasteiger partial charge in [-0.2, -0.15) is 0 Å². The number of nitrogens with one attached hydrogen (secondary N) is 2. The Balaban J connectivity index is 1.81. The fraction of sp³-hybridized carbons (Fsp3) is 0.393. The lowest BCUT2D eigenvalue weighted by Gasteiger charge is -2.33. The molecule has 4 atom stereocenters. The van der Waals surface area contributed by atoms with Gasteiger partial charge in [-0.05, 0) is 23.5 Å². The highest BCUT2D eigenvalue weighted by Gasteiger charge is 2.38. The van der Waals surface area contributed by atoms with Crippen LogP contribution in [-0.4, -0.2) is 67.0 Å². The van der Waals surface area contributed by atoms with Crippen molar-refractivity contribution in [3.05, 3.63) is 82.9 Å². The van der Waals surface area contributed by atoms with Crippen LogP contribution in [0, 0.1) is 11.8 Å². The summed E-state index contributed by atoms with van der Waals surface area (Å²) in [5.41, 5.74) is 1.66. The summed E-state index contributed by atoms with van der Waals surface area (Å²) in [6, 6.07) is 17.5. The third-order valence-electron chi connectivity index (χ3n) is 6.57. The van der Waals surface area contributed by atoms with Crippen molar-refractivity contribution in [2.24, 2.45) is 11.8 Å². The molecule has 40 heavy (non-hydrogen) atoms. The van der Waals surface area contributed by atoms with Gasteiger partial charge in [-0.3, -0.25) is 9.59 Å². The number of hydrogen-bond acceptors (Lipinski definition) is 8. The van der Waals surface area contributed by atoms with Crippen LogP contribution < -0.4 is 14.9 Å². The van der Waals surface area contributed by atoms with Gasteiger partial charge in [0.05, 0.1) is 24.3 Å². The highest BCUT2D eigenvalue weighted by Crippen LogP contribution is 2.24. The van der Waals surface area contributed by atoms with Crippen LogP contribution in [0.2, 0.25) is 0 Å². The van der Waals surface area contributed by atoms with Gasteiger partial charge in [0.15, 0.2) is 5.13 Å². The van der Waals surface area contributed by atoms with E-state index in [-0.39, 0.29) is 29.7 Å². The van der Waals surface area contributed by atoms with E-state index >= 15 is 0 Å². The summed E-state index contributed by atoms with van der Waals surface area (Å²) in [7, 11) is -2.23. The maximum atomic E-state index is 13.1. The van der Waals surface area contributed by atoms with Crippen molar-refractivity contribution in [3.8, 4) is 0 Å². The highest BCUT2D eigenvalue weighted by atomic mass is 32.2. The molecule has 0 aliphatic heterocycles. The molecule has 216 valence electrons. The summed E-state index contributed by atoms with van der Waals surface area (Å²) in [5, 5.41) is 29.7. The van der Waals surface area contributed by atoms with Gasteiger partial charge in [-0.1, -0.05) is 74.5 Å². The summed E-state index contributed by atoms with van der Waals surface area (Å²) in [4.78, 5) is 30.4. The summed E-state index contributed by atoms with van der Waals surface area (Å²) in [6.07, 6.45) is -1.80. The first-order valence-electron chi connectivity index (χ1n) is 12.8. The average Bonchev–Trinajstić information content (AvgIpc) is 3.41. The zero-order chi connectivity index (χ0) is 29.4. The molecule has 0 aliphatic carbocycles. The summed E-state index contributed by atoms with van der Waals surface area (Å²) in [6.45, 7) is 3.83. The van der Waals surface area contributed by atoms with Crippen LogP contribution in [0.1, 0.15) is 35.5 Å². The molecule has 0 saturated carbocycles. The Bertz CT molecular complexity index is 1370. The van der Waals surface area contributed by atoms with Gasteiger partial charge in [0.1, 0.15) is 11.8 Å². The number of nitrogens with zero attached hydrogens (tertiary/aromatic N) is 2. The Labute approximate surface area is 239 Å². The number of amides is 2. The molecule has 3 rings (SSSR count). The van der Waals surface area contributed by atoms with Crippen LogP contribution in [0.25, 0.3) is 0 Å². The molecule has 4 unspecified atom stereocenters. The number of benzene rings is 2. The zero-order valence-electron chi connectivity index (χ0n) is 22.9. The first-order chi connectivity index (χ1) is 18.9. The Kier molecular flexibility index (Phi) is 10.8. The van der Waals surface area contributed by atoms with Gasteiger partial charge in [0, 0.05) is 19.0 Å². The van der Waals surface area contributed by atoms with Crippen LogP contribution in [0.3, 0.4) is 0 Å². The molecule has 1 aromatic heterocycles. The third kappa shape index (κ3) is 8.34. The van der Waals surface area contributed by atoms with Gasteiger partial charge < -0.3 is 20.8 Å². The van der Waals surface area contributed by atoms with Crippen LogP contribution in [-0.2, 0) is 27.8 Å². The summed E-state index contributed by atoms with van der Waals surface area (Å²) in [5.74, 6) is -2.33. The normalized spacial score (nSPS) is 14.7. The van der Waals surface area contributed by atoms with Crippen molar-refractivity contribution >= 4 is 38.3 Å². The van der Waals surface area contributed by atoms with E-state index < -0.39 is 46.0 Å². The van der Waals surface area contributed by atoms with Gasteiger partial charge in [-0.25, -0.2) is 17.7 Å². The summed E-state index contributed by atoms with van der Waals surface area (Å²) < 4.78 is 24.7. The molecule has 0 bridgehead atoms. The predicted molar refractivity (Wildman–Crippen MR) is 155 cm³/mol. The van der Waals surface area contributed by atoms with E-state index in [1.807, 2.05) is 60.7 Å². The van der Waals surface area contributed by atoms with Crippen molar-refractivity contribution in [3.63, 3.8) is 0 Å². The standard InChI is InChI=1S/C28H36N4O6S2/c1-18(2)23(27(36)29-16-20-13-9-6-10-14-20)25(34)24(33)21(15-19-11-7-5-8-12-19)30-26(35)22-17-39-28(31-22)32(3)40(4,37)38/h5-14,17-18,21,23-25,33-34H,15-16H2,1-4H3,(H,29,36)(H,30,35). The zero-order valence-corrected chi connectivity index (χ0v) is 24.5. The predicted octanol–water partition coefficient (Wildman–Crippen LogP) is 2.19. The van der Waals surface area contributed by atoms with E-state index in [1.54, 1.807) is 13.8 Å². The fourth-order valence-electron chi connectivity index (χ4n) is 4.23. The monoisotopic (exact) mass is 588 g/mol. The van der Waals surface area contributed by atoms with Crippen molar-refractivity contribution in [2.75, 3.05) is 17.6 Å². The lowest BCUT2D eigenvalue weighted by molar-refractivity contribution is -0.135. The number of thiazole rings is 1. The number of anilines is 1. The fourth-order valence-corrected chi connectivity index (χ4v) is 5.76. The molecule has 0 saturated heterocycles. The minimum atomic E-state index is -3.57. The van der Waals surface area contributed by atoms with E-state index in [9.17, 15) is 28.2 Å². The molecule has 0 fully saturated rings. The number of aliphatic hydroxyl groups excluding tert-OH is 2. The minimum absolute atomic E-state index is 0.0312. The smallest absolute Gasteiger partial charge is 0.271 e. The number of rotatable bonds is 13. The van der Waals surface area contributed by atoms with Gasteiger partial charge >= 0.3 is 0 Å². The highest BCUT2D eigenvalue weighted by molar-refractivity contribution is 7.92. The van der Waals surface area contributed by atoms with Crippen LogP contribution >= 0.6 is 11.3 Å². The molecule has 10 nitrogen and oxygen atoms in total.